The maximum atomic E-state index is 12.7. The third-order valence-electron chi connectivity index (χ3n) is 4.42. The molecule has 0 spiro atoms. The van der Waals surface area contributed by atoms with Gasteiger partial charge in [-0.3, -0.25) is 4.57 Å². The fourth-order valence-corrected chi connectivity index (χ4v) is 3.64. The third kappa shape index (κ3) is 5.30. The quantitative estimate of drug-likeness (QED) is 0.616. The standard InChI is InChI=1S/C21H24FN5OS/c1-25(2)18-6-3-16(4-7-18)5-8-19-9-10-20(29-19)14-26-15-24-27(21(26)28)13-17(11-22)12-23/h3-11,15H,12-14,23H2,1-2H3/b8-5?,17-11+. The van der Waals surface area contributed by atoms with Gasteiger partial charge >= 0.3 is 5.69 Å². The predicted octanol–water partition coefficient (Wildman–Crippen LogP) is 3.20. The minimum absolute atomic E-state index is 0.0499. The molecule has 0 saturated heterocycles. The first-order chi connectivity index (χ1) is 14.0. The van der Waals surface area contributed by atoms with E-state index < -0.39 is 0 Å². The van der Waals surface area contributed by atoms with Crippen molar-refractivity contribution in [3.63, 3.8) is 0 Å². The van der Waals surface area contributed by atoms with Gasteiger partial charge in [0.15, 0.2) is 0 Å². The van der Waals surface area contributed by atoms with E-state index in [1.807, 2.05) is 26.2 Å². The zero-order valence-corrected chi connectivity index (χ0v) is 17.3. The van der Waals surface area contributed by atoms with Gasteiger partial charge in [-0.05, 0) is 41.5 Å². The number of nitrogens with two attached hydrogens (primary N) is 1. The van der Waals surface area contributed by atoms with Crippen molar-refractivity contribution in [3.8, 4) is 0 Å². The molecular weight excluding hydrogens is 389 g/mol. The van der Waals surface area contributed by atoms with E-state index in [1.165, 1.54) is 15.6 Å². The van der Waals surface area contributed by atoms with Crippen molar-refractivity contribution < 1.29 is 4.39 Å². The molecule has 0 amide bonds. The van der Waals surface area contributed by atoms with Crippen LogP contribution < -0.4 is 16.3 Å². The van der Waals surface area contributed by atoms with Crippen molar-refractivity contribution >= 4 is 29.2 Å². The number of halogens is 1. The molecule has 6 nitrogen and oxygen atoms in total. The number of thiophene rings is 1. The lowest BCUT2D eigenvalue weighted by molar-refractivity contribution is 0.604. The molecule has 2 N–H and O–H groups in total. The van der Waals surface area contributed by atoms with Crippen LogP contribution in [0.2, 0.25) is 0 Å². The van der Waals surface area contributed by atoms with Crippen LogP contribution in [0, 0.1) is 0 Å². The van der Waals surface area contributed by atoms with Gasteiger partial charge < -0.3 is 10.6 Å². The molecule has 0 fully saturated rings. The molecule has 0 unspecified atom stereocenters. The van der Waals surface area contributed by atoms with Crippen LogP contribution in [-0.4, -0.2) is 35.0 Å². The van der Waals surface area contributed by atoms with Crippen LogP contribution in [0.15, 0.2) is 59.4 Å². The van der Waals surface area contributed by atoms with Crippen LogP contribution in [0.25, 0.3) is 12.2 Å². The van der Waals surface area contributed by atoms with E-state index in [0.717, 1.165) is 21.0 Å². The summed E-state index contributed by atoms with van der Waals surface area (Å²) in [5.41, 5.74) is 7.76. The lowest BCUT2D eigenvalue weighted by atomic mass is 10.2. The first-order valence-electron chi connectivity index (χ1n) is 9.15. The Morgan fingerprint density at radius 3 is 2.62 bits per heavy atom. The molecule has 152 valence electrons. The lowest BCUT2D eigenvalue weighted by Gasteiger charge is -2.11. The molecule has 3 aromatic rings. The summed E-state index contributed by atoms with van der Waals surface area (Å²) < 4.78 is 15.4. The summed E-state index contributed by atoms with van der Waals surface area (Å²) in [5.74, 6) is 0. The van der Waals surface area contributed by atoms with E-state index in [1.54, 1.807) is 11.3 Å². The topological polar surface area (TPSA) is 69.1 Å². The smallest absolute Gasteiger partial charge is 0.346 e. The number of aromatic nitrogens is 3. The minimum atomic E-state index is -0.288. The molecule has 0 aliphatic rings. The van der Waals surface area contributed by atoms with E-state index in [9.17, 15) is 9.18 Å². The van der Waals surface area contributed by atoms with Crippen LogP contribution >= 0.6 is 11.3 Å². The second kappa shape index (κ2) is 9.49. The summed E-state index contributed by atoms with van der Waals surface area (Å²) in [6.07, 6.45) is 6.02. The van der Waals surface area contributed by atoms with Gasteiger partial charge in [0.25, 0.3) is 0 Å². The van der Waals surface area contributed by atoms with Gasteiger partial charge in [0, 0.05) is 36.1 Å². The van der Waals surface area contributed by atoms with Gasteiger partial charge in [0.2, 0.25) is 0 Å². The SMILES string of the molecule is CN(C)c1ccc(C=Cc2ccc(Cn3cnn(C/C(=C/F)CN)c3=O)s2)cc1. The van der Waals surface area contributed by atoms with E-state index in [0.29, 0.717) is 18.4 Å². The molecule has 8 heteroatoms. The average molecular weight is 414 g/mol. The van der Waals surface area contributed by atoms with Gasteiger partial charge in [-0.25, -0.2) is 13.9 Å². The van der Waals surface area contributed by atoms with Crippen molar-refractivity contribution in [1.82, 2.24) is 14.3 Å². The maximum Gasteiger partial charge on any atom is 0.346 e. The zero-order valence-electron chi connectivity index (χ0n) is 16.5. The number of hydrogen-bond donors (Lipinski definition) is 1. The summed E-state index contributed by atoms with van der Waals surface area (Å²) in [5, 5.41) is 4.04. The van der Waals surface area contributed by atoms with Crippen molar-refractivity contribution in [2.45, 2.75) is 13.1 Å². The molecule has 0 atom stereocenters. The van der Waals surface area contributed by atoms with E-state index in [-0.39, 0.29) is 18.8 Å². The van der Waals surface area contributed by atoms with E-state index in [4.69, 9.17) is 5.73 Å². The molecular formula is C21H24FN5OS. The van der Waals surface area contributed by atoms with Gasteiger partial charge in [-0.2, -0.15) is 5.10 Å². The van der Waals surface area contributed by atoms with Crippen molar-refractivity contribution in [2.24, 2.45) is 5.73 Å². The summed E-state index contributed by atoms with van der Waals surface area (Å²) in [6, 6.07) is 12.3. The number of hydrogen-bond acceptors (Lipinski definition) is 5. The largest absolute Gasteiger partial charge is 0.378 e. The van der Waals surface area contributed by atoms with Gasteiger partial charge in [0.1, 0.15) is 6.33 Å². The highest BCUT2D eigenvalue weighted by Gasteiger charge is 2.08. The maximum absolute atomic E-state index is 12.7. The average Bonchev–Trinajstić information content (AvgIpc) is 3.32. The molecule has 0 aliphatic carbocycles. The van der Waals surface area contributed by atoms with E-state index >= 15 is 0 Å². The Morgan fingerprint density at radius 1 is 1.21 bits per heavy atom. The third-order valence-corrected chi connectivity index (χ3v) is 5.46. The Bertz CT molecular complexity index is 1060. The lowest BCUT2D eigenvalue weighted by Crippen LogP contribution is -2.26. The summed E-state index contributed by atoms with van der Waals surface area (Å²) in [4.78, 5) is 16.6. The molecule has 29 heavy (non-hydrogen) atoms. The number of rotatable bonds is 8. The van der Waals surface area contributed by atoms with Gasteiger partial charge in [-0.1, -0.05) is 18.2 Å². The fourth-order valence-electron chi connectivity index (χ4n) is 2.72. The Balaban J connectivity index is 1.66. The number of benzene rings is 1. The zero-order chi connectivity index (χ0) is 20.8. The molecule has 2 heterocycles. The van der Waals surface area contributed by atoms with Crippen LogP contribution in [0.3, 0.4) is 0 Å². The molecule has 1 aromatic carbocycles. The highest BCUT2D eigenvalue weighted by molar-refractivity contribution is 7.12. The van der Waals surface area contributed by atoms with E-state index in [2.05, 4.69) is 46.4 Å². The van der Waals surface area contributed by atoms with Crippen molar-refractivity contribution in [3.05, 3.63) is 80.4 Å². The highest BCUT2D eigenvalue weighted by Crippen LogP contribution is 2.20. The Labute approximate surface area is 173 Å². The summed E-state index contributed by atoms with van der Waals surface area (Å²) >= 11 is 1.61. The Kier molecular flexibility index (Phi) is 6.79. The van der Waals surface area contributed by atoms with Crippen LogP contribution in [-0.2, 0) is 13.1 Å². The predicted molar refractivity (Wildman–Crippen MR) is 118 cm³/mol. The first-order valence-corrected chi connectivity index (χ1v) is 9.96. The number of anilines is 1. The number of nitrogens with zero attached hydrogens (tertiary/aromatic N) is 4. The molecule has 0 radical (unpaired) electrons. The minimum Gasteiger partial charge on any atom is -0.378 e. The Hall–Kier alpha value is -2.97. The fraction of sp³-hybridized carbons (Fsp3) is 0.238. The Morgan fingerprint density at radius 2 is 1.97 bits per heavy atom. The first kappa shape index (κ1) is 20.8. The van der Waals surface area contributed by atoms with Crippen molar-refractivity contribution in [1.29, 1.82) is 0 Å². The second-order valence-electron chi connectivity index (χ2n) is 6.79. The highest BCUT2D eigenvalue weighted by atomic mass is 32.1. The second-order valence-corrected chi connectivity index (χ2v) is 7.99. The van der Waals surface area contributed by atoms with Crippen LogP contribution in [0.1, 0.15) is 15.3 Å². The van der Waals surface area contributed by atoms with Gasteiger partial charge in [0.05, 0.1) is 19.4 Å². The molecule has 0 bridgehead atoms. The summed E-state index contributed by atoms with van der Waals surface area (Å²) in [6.45, 7) is 0.532. The van der Waals surface area contributed by atoms with Crippen LogP contribution in [0.4, 0.5) is 10.1 Å². The van der Waals surface area contributed by atoms with Gasteiger partial charge in [-0.15, -0.1) is 11.3 Å². The molecule has 0 saturated carbocycles. The summed E-state index contributed by atoms with van der Waals surface area (Å²) in [7, 11) is 4.03. The molecule has 2 aromatic heterocycles. The normalized spacial score (nSPS) is 12.1. The molecule has 0 aliphatic heterocycles. The van der Waals surface area contributed by atoms with Crippen LogP contribution in [0.5, 0.6) is 0 Å². The van der Waals surface area contributed by atoms with Crippen molar-refractivity contribution in [2.75, 3.05) is 25.5 Å². The molecule has 3 rings (SSSR count). The monoisotopic (exact) mass is 413 g/mol.